The molecule has 2 aliphatic rings. The summed E-state index contributed by atoms with van der Waals surface area (Å²) in [4.78, 5) is 49.3. The van der Waals surface area contributed by atoms with Crippen molar-refractivity contribution in [3.8, 4) is 0 Å². The first-order valence-electron chi connectivity index (χ1n) is 10.9. The van der Waals surface area contributed by atoms with Crippen LogP contribution in [0.3, 0.4) is 0 Å². The molecule has 0 bridgehead atoms. The van der Waals surface area contributed by atoms with Gasteiger partial charge < -0.3 is 22.9 Å². The summed E-state index contributed by atoms with van der Waals surface area (Å²) in [5.41, 5.74) is 26.7. The molecular formula is C28H20N4O4. The highest BCUT2D eigenvalue weighted by atomic mass is 16.1. The Morgan fingerprint density at radius 1 is 0.361 bits per heavy atom. The van der Waals surface area contributed by atoms with E-state index < -0.39 is 0 Å². The highest BCUT2D eigenvalue weighted by molar-refractivity contribution is 6.32. The molecule has 0 fully saturated rings. The highest BCUT2D eigenvalue weighted by Crippen LogP contribution is 2.34. The summed E-state index contributed by atoms with van der Waals surface area (Å²) >= 11 is 0. The van der Waals surface area contributed by atoms with E-state index in [1.54, 1.807) is 72.8 Å². The molecule has 0 unspecified atom stereocenters. The number of ketones is 4. The molecule has 0 aliphatic heterocycles. The molecule has 0 heterocycles. The SMILES string of the molecule is Nc1ccc2c(c1N)C(=O)c1ccccc1C2=O.Nc1cccc2c1C(=O)c1cccc(N)c1C2=O. The van der Waals surface area contributed by atoms with Gasteiger partial charge in [0.05, 0.1) is 28.1 Å². The van der Waals surface area contributed by atoms with Gasteiger partial charge in [-0.1, -0.05) is 48.5 Å². The van der Waals surface area contributed by atoms with Crippen LogP contribution in [-0.4, -0.2) is 23.1 Å². The van der Waals surface area contributed by atoms with Crippen LogP contribution in [0.25, 0.3) is 0 Å². The fourth-order valence-electron chi connectivity index (χ4n) is 4.52. The summed E-state index contributed by atoms with van der Waals surface area (Å²) in [6.45, 7) is 0. The minimum Gasteiger partial charge on any atom is -0.398 e. The lowest BCUT2D eigenvalue weighted by atomic mass is 9.82. The summed E-state index contributed by atoms with van der Waals surface area (Å²) in [6, 6.07) is 19.6. The average Bonchev–Trinajstić information content (AvgIpc) is 2.87. The van der Waals surface area contributed by atoms with Crippen molar-refractivity contribution >= 4 is 45.9 Å². The van der Waals surface area contributed by atoms with Crippen LogP contribution in [0, 0.1) is 0 Å². The number of hydrogen-bond acceptors (Lipinski definition) is 8. The molecule has 0 aromatic heterocycles. The lowest BCUT2D eigenvalue weighted by Gasteiger charge is -2.19. The number of fused-ring (bicyclic) bond motifs is 4. The van der Waals surface area contributed by atoms with E-state index in [4.69, 9.17) is 22.9 Å². The smallest absolute Gasteiger partial charge is 0.196 e. The van der Waals surface area contributed by atoms with Crippen LogP contribution in [0.15, 0.2) is 72.8 Å². The molecular weight excluding hydrogens is 456 g/mol. The Morgan fingerprint density at radius 2 is 0.778 bits per heavy atom. The molecule has 8 nitrogen and oxygen atoms in total. The van der Waals surface area contributed by atoms with Gasteiger partial charge in [-0.2, -0.15) is 0 Å². The Morgan fingerprint density at radius 3 is 1.31 bits per heavy atom. The van der Waals surface area contributed by atoms with Crippen molar-refractivity contribution in [1.82, 2.24) is 0 Å². The Hall–Kier alpha value is -5.24. The number of carbonyl (C=O) groups is 4. The molecule has 176 valence electrons. The van der Waals surface area contributed by atoms with Crippen molar-refractivity contribution < 1.29 is 19.2 Å². The molecule has 4 aromatic carbocycles. The molecule has 8 N–H and O–H groups in total. The number of rotatable bonds is 0. The molecule has 0 saturated heterocycles. The summed E-state index contributed by atoms with van der Waals surface area (Å²) in [7, 11) is 0. The minimum atomic E-state index is -0.245. The topological polar surface area (TPSA) is 172 Å². The average molecular weight is 476 g/mol. The standard InChI is InChI=1S/2C14H10N2O2/c15-9-5-1-3-7-11(9)14(18)8-4-2-6-10(16)12(8)13(7)17;15-10-6-5-9-11(12(10)16)14(18)8-4-2-1-3-7(8)13(9)17/h2*1-6H,15-16H2. The molecule has 36 heavy (non-hydrogen) atoms. The highest BCUT2D eigenvalue weighted by Gasteiger charge is 2.33. The van der Waals surface area contributed by atoms with Gasteiger partial charge in [0.1, 0.15) is 0 Å². The minimum absolute atomic E-state index is 0.181. The van der Waals surface area contributed by atoms with E-state index >= 15 is 0 Å². The molecule has 0 saturated carbocycles. The summed E-state index contributed by atoms with van der Waals surface area (Å²) in [5.74, 6) is -0.924. The maximum absolute atomic E-state index is 12.3. The summed E-state index contributed by atoms with van der Waals surface area (Å²) < 4.78 is 0. The van der Waals surface area contributed by atoms with E-state index in [0.717, 1.165) is 0 Å². The van der Waals surface area contributed by atoms with Crippen LogP contribution < -0.4 is 22.9 Å². The normalized spacial score (nSPS) is 13.1. The zero-order valence-corrected chi connectivity index (χ0v) is 18.9. The Labute approximate surface area is 205 Å². The second-order valence-corrected chi connectivity index (χ2v) is 8.39. The maximum atomic E-state index is 12.3. The molecule has 8 heteroatoms. The van der Waals surface area contributed by atoms with E-state index in [-0.39, 0.29) is 45.5 Å². The fraction of sp³-hybridized carbons (Fsp3) is 0. The van der Waals surface area contributed by atoms with E-state index in [0.29, 0.717) is 44.9 Å². The zero-order chi connectivity index (χ0) is 25.7. The molecule has 4 aromatic rings. The van der Waals surface area contributed by atoms with E-state index in [1.165, 1.54) is 0 Å². The van der Waals surface area contributed by atoms with Gasteiger partial charge >= 0.3 is 0 Å². The number of nitrogen functional groups attached to an aromatic ring is 4. The van der Waals surface area contributed by atoms with Gasteiger partial charge in [-0.05, 0) is 24.3 Å². The van der Waals surface area contributed by atoms with Gasteiger partial charge in [-0.25, -0.2) is 0 Å². The first kappa shape index (κ1) is 22.5. The Balaban J connectivity index is 0.000000148. The number of nitrogens with two attached hydrogens (primary N) is 4. The molecule has 0 amide bonds. The lowest BCUT2D eigenvalue weighted by Crippen LogP contribution is -2.23. The van der Waals surface area contributed by atoms with Crippen LogP contribution in [0.4, 0.5) is 22.7 Å². The van der Waals surface area contributed by atoms with Crippen LogP contribution in [0.1, 0.15) is 63.7 Å². The summed E-state index contributed by atoms with van der Waals surface area (Å²) in [5, 5.41) is 0. The third-order valence-corrected chi connectivity index (χ3v) is 6.30. The van der Waals surface area contributed by atoms with Gasteiger partial charge in [0.25, 0.3) is 0 Å². The van der Waals surface area contributed by atoms with Crippen molar-refractivity contribution in [2.75, 3.05) is 22.9 Å². The lowest BCUT2D eigenvalue weighted by molar-refractivity contribution is 0.0980. The van der Waals surface area contributed by atoms with Gasteiger partial charge in [0.2, 0.25) is 0 Å². The van der Waals surface area contributed by atoms with Crippen molar-refractivity contribution in [2.45, 2.75) is 0 Å². The Bertz CT molecular complexity index is 1590. The van der Waals surface area contributed by atoms with Crippen molar-refractivity contribution in [3.63, 3.8) is 0 Å². The third kappa shape index (κ3) is 3.24. The van der Waals surface area contributed by atoms with Gasteiger partial charge in [-0.3, -0.25) is 19.2 Å². The van der Waals surface area contributed by atoms with Crippen LogP contribution >= 0.6 is 0 Å². The van der Waals surface area contributed by atoms with E-state index in [2.05, 4.69) is 0 Å². The van der Waals surface area contributed by atoms with Crippen molar-refractivity contribution in [3.05, 3.63) is 117 Å². The number of anilines is 4. The van der Waals surface area contributed by atoms with Crippen molar-refractivity contribution in [2.24, 2.45) is 0 Å². The zero-order valence-electron chi connectivity index (χ0n) is 18.9. The van der Waals surface area contributed by atoms with Gasteiger partial charge in [-0.15, -0.1) is 0 Å². The van der Waals surface area contributed by atoms with Gasteiger partial charge in [0, 0.05) is 39.2 Å². The molecule has 2 aliphatic carbocycles. The third-order valence-electron chi connectivity index (χ3n) is 6.30. The monoisotopic (exact) mass is 476 g/mol. The van der Waals surface area contributed by atoms with Crippen LogP contribution in [0.2, 0.25) is 0 Å². The van der Waals surface area contributed by atoms with Gasteiger partial charge in [0.15, 0.2) is 23.1 Å². The second-order valence-electron chi connectivity index (χ2n) is 8.39. The van der Waals surface area contributed by atoms with E-state index in [1.807, 2.05) is 0 Å². The molecule has 0 spiro atoms. The van der Waals surface area contributed by atoms with Crippen LogP contribution in [-0.2, 0) is 0 Å². The quantitative estimate of drug-likeness (QED) is 0.242. The summed E-state index contributed by atoms with van der Waals surface area (Å²) in [6.07, 6.45) is 0. The maximum Gasteiger partial charge on any atom is 0.196 e. The van der Waals surface area contributed by atoms with Crippen molar-refractivity contribution in [1.29, 1.82) is 0 Å². The Kier molecular flexibility index (Phi) is 5.14. The predicted octanol–water partition coefficient (Wildman–Crippen LogP) is 3.25. The molecule has 0 radical (unpaired) electrons. The molecule has 0 atom stereocenters. The first-order chi connectivity index (χ1) is 17.2. The second kappa shape index (κ2) is 8.21. The number of benzene rings is 4. The fourth-order valence-corrected chi connectivity index (χ4v) is 4.52. The largest absolute Gasteiger partial charge is 0.398 e. The van der Waals surface area contributed by atoms with Crippen LogP contribution in [0.5, 0.6) is 0 Å². The number of hydrogen-bond donors (Lipinski definition) is 4. The number of carbonyl (C=O) groups excluding carboxylic acids is 4. The van der Waals surface area contributed by atoms with E-state index in [9.17, 15) is 19.2 Å². The first-order valence-corrected chi connectivity index (χ1v) is 10.9. The molecule has 6 rings (SSSR count). The predicted molar refractivity (Wildman–Crippen MR) is 137 cm³/mol.